The van der Waals surface area contributed by atoms with Crippen LogP contribution in [0.3, 0.4) is 0 Å². The standard InChI is InChI=1S/C12H21N3O3S/c1-13(2)12(16)14-7-5-11-10(14)6-8-15(11)19(17,18)9-3-4-9/h9-11H,3-8H2,1-2H3/t10-,11+/m1/s1. The van der Waals surface area contributed by atoms with Crippen molar-refractivity contribution in [1.82, 2.24) is 14.1 Å². The van der Waals surface area contributed by atoms with Crippen molar-refractivity contribution in [1.29, 1.82) is 0 Å². The highest BCUT2D eigenvalue weighted by Gasteiger charge is 2.52. The molecule has 0 bridgehead atoms. The van der Waals surface area contributed by atoms with Gasteiger partial charge in [-0.1, -0.05) is 0 Å². The topological polar surface area (TPSA) is 60.9 Å². The van der Waals surface area contributed by atoms with Gasteiger partial charge in [0.25, 0.3) is 0 Å². The number of hydrogen-bond acceptors (Lipinski definition) is 3. The van der Waals surface area contributed by atoms with Crippen molar-refractivity contribution in [2.45, 2.75) is 43.0 Å². The molecule has 1 saturated carbocycles. The van der Waals surface area contributed by atoms with E-state index >= 15 is 0 Å². The Morgan fingerprint density at radius 1 is 1.05 bits per heavy atom. The first-order chi connectivity index (χ1) is 8.93. The third-order valence-corrected chi connectivity index (χ3v) is 6.85. The molecule has 0 unspecified atom stereocenters. The molecule has 0 aromatic heterocycles. The summed E-state index contributed by atoms with van der Waals surface area (Å²) in [6, 6.07) is 0.0797. The van der Waals surface area contributed by atoms with Crippen LogP contribution >= 0.6 is 0 Å². The molecule has 2 atom stereocenters. The van der Waals surface area contributed by atoms with Gasteiger partial charge < -0.3 is 9.80 Å². The number of fused-ring (bicyclic) bond motifs is 1. The molecule has 3 fully saturated rings. The fraction of sp³-hybridized carbons (Fsp3) is 0.917. The van der Waals surface area contributed by atoms with Gasteiger partial charge in [0, 0.05) is 33.2 Å². The molecule has 6 nitrogen and oxygen atoms in total. The number of urea groups is 1. The van der Waals surface area contributed by atoms with Crippen LogP contribution in [-0.2, 0) is 10.0 Å². The third kappa shape index (κ3) is 2.03. The summed E-state index contributed by atoms with van der Waals surface area (Å²) in [6.07, 6.45) is 3.15. The van der Waals surface area contributed by atoms with E-state index in [2.05, 4.69) is 0 Å². The van der Waals surface area contributed by atoms with Gasteiger partial charge in [-0.2, -0.15) is 4.31 Å². The van der Waals surface area contributed by atoms with Crippen molar-refractivity contribution in [2.24, 2.45) is 0 Å². The number of sulfonamides is 1. The first kappa shape index (κ1) is 13.2. The predicted molar refractivity (Wildman–Crippen MR) is 71.2 cm³/mol. The number of carbonyl (C=O) groups is 1. The summed E-state index contributed by atoms with van der Waals surface area (Å²) in [5.41, 5.74) is 0. The van der Waals surface area contributed by atoms with Gasteiger partial charge >= 0.3 is 6.03 Å². The molecule has 19 heavy (non-hydrogen) atoms. The summed E-state index contributed by atoms with van der Waals surface area (Å²) < 4.78 is 26.4. The molecule has 1 aliphatic carbocycles. The SMILES string of the molecule is CN(C)C(=O)N1CC[C@H]2[C@H]1CCN2S(=O)(=O)C1CC1. The Morgan fingerprint density at radius 3 is 2.26 bits per heavy atom. The summed E-state index contributed by atoms with van der Waals surface area (Å²) >= 11 is 0. The number of carbonyl (C=O) groups excluding carboxylic acids is 1. The minimum atomic E-state index is -3.11. The second-order valence-electron chi connectivity index (χ2n) is 5.94. The lowest BCUT2D eigenvalue weighted by Crippen LogP contribution is -2.45. The highest BCUT2D eigenvalue weighted by Crippen LogP contribution is 2.39. The highest BCUT2D eigenvalue weighted by molar-refractivity contribution is 7.90. The van der Waals surface area contributed by atoms with E-state index in [1.807, 2.05) is 4.90 Å². The van der Waals surface area contributed by atoms with E-state index in [0.717, 1.165) is 25.7 Å². The minimum absolute atomic E-state index is 0.00169. The maximum atomic E-state index is 12.4. The molecule has 0 N–H and O–H groups in total. The largest absolute Gasteiger partial charge is 0.331 e. The third-order valence-electron chi connectivity index (χ3n) is 4.43. The molecule has 2 saturated heterocycles. The lowest BCUT2D eigenvalue weighted by Gasteiger charge is -2.27. The monoisotopic (exact) mass is 287 g/mol. The van der Waals surface area contributed by atoms with Crippen molar-refractivity contribution in [3.8, 4) is 0 Å². The van der Waals surface area contributed by atoms with Gasteiger partial charge in [-0.05, 0) is 25.7 Å². The molecule has 108 valence electrons. The van der Waals surface area contributed by atoms with E-state index in [1.165, 1.54) is 0 Å². The van der Waals surface area contributed by atoms with Gasteiger partial charge in [0.1, 0.15) is 0 Å². The summed E-state index contributed by atoms with van der Waals surface area (Å²) in [7, 11) is 0.371. The zero-order valence-corrected chi connectivity index (χ0v) is 12.3. The van der Waals surface area contributed by atoms with E-state index < -0.39 is 10.0 Å². The quantitative estimate of drug-likeness (QED) is 0.734. The zero-order valence-electron chi connectivity index (χ0n) is 11.4. The van der Waals surface area contributed by atoms with Gasteiger partial charge in [0.2, 0.25) is 10.0 Å². The Balaban J connectivity index is 1.77. The lowest BCUT2D eigenvalue weighted by atomic mass is 10.1. The summed E-state index contributed by atoms with van der Waals surface area (Å²) in [5.74, 6) is 0. The molecule has 0 aromatic rings. The first-order valence-electron chi connectivity index (χ1n) is 6.91. The van der Waals surface area contributed by atoms with Crippen LogP contribution < -0.4 is 0 Å². The average molecular weight is 287 g/mol. The number of amides is 2. The first-order valence-corrected chi connectivity index (χ1v) is 8.42. The second kappa shape index (κ2) is 4.34. The molecule has 2 heterocycles. The summed E-state index contributed by atoms with van der Waals surface area (Å²) in [5, 5.41) is -0.148. The average Bonchev–Trinajstić information content (AvgIpc) is 2.99. The van der Waals surface area contributed by atoms with Crippen molar-refractivity contribution >= 4 is 16.1 Å². The number of rotatable bonds is 2. The summed E-state index contributed by atoms with van der Waals surface area (Å²) in [4.78, 5) is 15.5. The van der Waals surface area contributed by atoms with E-state index in [0.29, 0.717) is 13.1 Å². The van der Waals surface area contributed by atoms with Gasteiger partial charge in [0.15, 0.2) is 0 Å². The minimum Gasteiger partial charge on any atom is -0.331 e. The van der Waals surface area contributed by atoms with Crippen molar-refractivity contribution in [3.63, 3.8) is 0 Å². The fourth-order valence-corrected chi connectivity index (χ4v) is 5.41. The lowest BCUT2D eigenvalue weighted by molar-refractivity contribution is 0.165. The molecular weight excluding hydrogens is 266 g/mol. The Bertz CT molecular complexity index is 486. The fourth-order valence-electron chi connectivity index (χ4n) is 3.31. The Kier molecular flexibility index (Phi) is 3.01. The smallest absolute Gasteiger partial charge is 0.319 e. The number of hydrogen-bond donors (Lipinski definition) is 0. The molecule has 0 radical (unpaired) electrons. The van der Waals surface area contributed by atoms with Gasteiger partial charge in [-0.15, -0.1) is 0 Å². The van der Waals surface area contributed by atoms with E-state index in [9.17, 15) is 13.2 Å². The van der Waals surface area contributed by atoms with Crippen LogP contribution in [0.1, 0.15) is 25.7 Å². The van der Waals surface area contributed by atoms with Crippen LogP contribution in [0.25, 0.3) is 0 Å². The molecule has 3 rings (SSSR count). The Morgan fingerprint density at radius 2 is 1.68 bits per heavy atom. The van der Waals surface area contributed by atoms with Gasteiger partial charge in [-0.25, -0.2) is 13.2 Å². The molecule has 3 aliphatic rings. The normalized spacial score (nSPS) is 31.6. The molecule has 0 aromatic carbocycles. The van der Waals surface area contributed by atoms with E-state index in [4.69, 9.17) is 0 Å². The maximum absolute atomic E-state index is 12.4. The summed E-state index contributed by atoms with van der Waals surface area (Å²) in [6.45, 7) is 1.24. The second-order valence-corrected chi connectivity index (χ2v) is 8.10. The van der Waals surface area contributed by atoms with Crippen LogP contribution in [0.15, 0.2) is 0 Å². The van der Waals surface area contributed by atoms with Crippen LogP contribution in [0, 0.1) is 0 Å². The molecule has 0 spiro atoms. The maximum Gasteiger partial charge on any atom is 0.319 e. The van der Waals surface area contributed by atoms with Crippen molar-refractivity contribution < 1.29 is 13.2 Å². The van der Waals surface area contributed by atoms with Crippen LogP contribution in [0.2, 0.25) is 0 Å². The highest BCUT2D eigenvalue weighted by atomic mass is 32.2. The van der Waals surface area contributed by atoms with Crippen molar-refractivity contribution in [3.05, 3.63) is 0 Å². The van der Waals surface area contributed by atoms with Crippen LogP contribution in [-0.4, -0.2) is 73.1 Å². The number of likely N-dealkylation sites (tertiary alicyclic amines) is 1. The van der Waals surface area contributed by atoms with Crippen LogP contribution in [0.4, 0.5) is 4.79 Å². The van der Waals surface area contributed by atoms with E-state index in [1.54, 1.807) is 23.3 Å². The van der Waals surface area contributed by atoms with Crippen LogP contribution in [0.5, 0.6) is 0 Å². The van der Waals surface area contributed by atoms with E-state index in [-0.39, 0.29) is 23.4 Å². The molecular formula is C12H21N3O3S. The molecule has 7 heteroatoms. The van der Waals surface area contributed by atoms with Gasteiger partial charge in [0.05, 0.1) is 11.3 Å². The molecule has 2 aliphatic heterocycles. The zero-order chi connectivity index (χ0) is 13.8. The number of nitrogens with zero attached hydrogens (tertiary/aromatic N) is 3. The van der Waals surface area contributed by atoms with Gasteiger partial charge in [-0.3, -0.25) is 0 Å². The Hall–Kier alpha value is -0.820. The predicted octanol–water partition coefficient (Wildman–Crippen LogP) is 0.309. The van der Waals surface area contributed by atoms with Crippen molar-refractivity contribution in [2.75, 3.05) is 27.2 Å². The Labute approximate surface area is 114 Å². The molecule has 2 amide bonds.